The Hall–Kier alpha value is -0.860. The molecule has 1 aliphatic carbocycles. The second-order valence-electron chi connectivity index (χ2n) is 6.06. The van der Waals surface area contributed by atoms with Gasteiger partial charge in [0.1, 0.15) is 0 Å². The van der Waals surface area contributed by atoms with Crippen molar-refractivity contribution in [3.63, 3.8) is 0 Å². The van der Waals surface area contributed by atoms with Crippen LogP contribution in [-0.2, 0) is 0 Å². The first-order valence-electron chi connectivity index (χ1n) is 7.39. The van der Waals surface area contributed by atoms with Crippen molar-refractivity contribution < 1.29 is 0 Å². The smallest absolute Gasteiger partial charge is 0.0391 e. The van der Waals surface area contributed by atoms with Gasteiger partial charge in [-0.1, -0.05) is 31.0 Å². The van der Waals surface area contributed by atoms with Gasteiger partial charge in [0.25, 0.3) is 0 Å². The lowest BCUT2D eigenvalue weighted by molar-refractivity contribution is 0.441. The summed E-state index contributed by atoms with van der Waals surface area (Å²) in [5, 5.41) is 5.20. The van der Waals surface area contributed by atoms with E-state index in [4.69, 9.17) is 0 Å². The van der Waals surface area contributed by atoms with E-state index < -0.39 is 0 Å². The molecule has 0 amide bonds. The molecule has 1 N–H and O–H groups in total. The fourth-order valence-corrected chi connectivity index (χ4v) is 4.25. The summed E-state index contributed by atoms with van der Waals surface area (Å²) >= 11 is 1.95. The summed E-state index contributed by atoms with van der Waals surface area (Å²) in [5.41, 5.74) is 1.46. The highest BCUT2D eigenvalue weighted by Gasteiger charge is 2.24. The molecule has 19 heavy (non-hydrogen) atoms. The molecule has 0 spiro atoms. The van der Waals surface area contributed by atoms with Gasteiger partial charge in [-0.05, 0) is 50.1 Å². The highest BCUT2D eigenvalue weighted by molar-refractivity contribution is 7.19. The van der Waals surface area contributed by atoms with Crippen LogP contribution >= 0.6 is 11.3 Å². The molecule has 3 rings (SSSR count). The number of nitrogens with one attached hydrogen (secondary N) is 1. The molecule has 2 aromatic rings. The maximum absolute atomic E-state index is 3.78. The molecule has 1 fully saturated rings. The van der Waals surface area contributed by atoms with E-state index in [0.717, 1.165) is 5.92 Å². The lowest BCUT2D eigenvalue weighted by Crippen LogP contribution is -2.29. The van der Waals surface area contributed by atoms with Crippen LogP contribution in [0.1, 0.15) is 49.6 Å². The van der Waals surface area contributed by atoms with Gasteiger partial charge in [-0.15, -0.1) is 11.3 Å². The van der Waals surface area contributed by atoms with E-state index in [-0.39, 0.29) is 0 Å². The minimum Gasteiger partial charge on any atom is -0.307 e. The predicted molar refractivity (Wildman–Crippen MR) is 84.9 cm³/mol. The number of hydrogen-bond donors (Lipinski definition) is 1. The number of hydrogen-bond acceptors (Lipinski definition) is 2. The van der Waals surface area contributed by atoms with Gasteiger partial charge in [-0.25, -0.2) is 0 Å². The molecular weight excluding hydrogens is 250 g/mol. The molecular formula is C17H23NS. The lowest BCUT2D eigenvalue weighted by atomic mass is 10.1. The SMILES string of the molecule is Cc1c(C(C)NC(C)CC2CC2)sc2ccccc12. The fourth-order valence-electron chi connectivity index (χ4n) is 3.03. The third-order valence-electron chi connectivity index (χ3n) is 4.19. The highest BCUT2D eigenvalue weighted by atomic mass is 32.1. The van der Waals surface area contributed by atoms with E-state index in [1.54, 1.807) is 0 Å². The van der Waals surface area contributed by atoms with Gasteiger partial charge in [-0.2, -0.15) is 0 Å². The Morgan fingerprint density at radius 2 is 2.00 bits per heavy atom. The predicted octanol–water partition coefficient (Wildman–Crippen LogP) is 5.05. The number of benzene rings is 1. The molecule has 2 atom stereocenters. The van der Waals surface area contributed by atoms with Gasteiger partial charge in [0, 0.05) is 21.7 Å². The lowest BCUT2D eigenvalue weighted by Gasteiger charge is -2.19. The summed E-state index contributed by atoms with van der Waals surface area (Å²) in [6.07, 6.45) is 4.24. The van der Waals surface area contributed by atoms with E-state index in [1.165, 1.54) is 39.8 Å². The summed E-state index contributed by atoms with van der Waals surface area (Å²) in [6, 6.07) is 9.84. The molecule has 0 aliphatic heterocycles. The van der Waals surface area contributed by atoms with Gasteiger partial charge in [-0.3, -0.25) is 0 Å². The third-order valence-corrected chi connectivity index (χ3v) is 5.65. The number of aryl methyl sites for hydroxylation is 1. The molecule has 1 nitrogen and oxygen atoms in total. The maximum atomic E-state index is 3.78. The van der Waals surface area contributed by atoms with Crippen molar-refractivity contribution in [2.24, 2.45) is 5.92 Å². The molecule has 1 saturated carbocycles. The van der Waals surface area contributed by atoms with Crippen molar-refractivity contribution in [1.29, 1.82) is 0 Å². The van der Waals surface area contributed by atoms with Crippen molar-refractivity contribution in [2.75, 3.05) is 0 Å². The van der Waals surface area contributed by atoms with E-state index in [1.807, 2.05) is 11.3 Å². The van der Waals surface area contributed by atoms with Crippen molar-refractivity contribution in [3.05, 3.63) is 34.7 Å². The van der Waals surface area contributed by atoms with Gasteiger partial charge in [0.15, 0.2) is 0 Å². The van der Waals surface area contributed by atoms with Crippen LogP contribution in [0, 0.1) is 12.8 Å². The molecule has 1 aromatic heterocycles. The summed E-state index contributed by atoms with van der Waals surface area (Å²) in [6.45, 7) is 6.90. The van der Waals surface area contributed by atoms with Gasteiger partial charge >= 0.3 is 0 Å². The molecule has 102 valence electrons. The molecule has 0 saturated heterocycles. The zero-order valence-electron chi connectivity index (χ0n) is 12.1. The molecule has 1 heterocycles. The van der Waals surface area contributed by atoms with Crippen LogP contribution < -0.4 is 5.32 Å². The normalized spacial score (nSPS) is 18.7. The Morgan fingerprint density at radius 1 is 1.26 bits per heavy atom. The first-order chi connectivity index (χ1) is 9.15. The Kier molecular flexibility index (Phi) is 3.64. The number of rotatable bonds is 5. The minimum atomic E-state index is 0.464. The largest absolute Gasteiger partial charge is 0.307 e. The number of fused-ring (bicyclic) bond motifs is 1. The van der Waals surface area contributed by atoms with Crippen LogP contribution in [0.3, 0.4) is 0 Å². The van der Waals surface area contributed by atoms with E-state index in [9.17, 15) is 0 Å². The van der Waals surface area contributed by atoms with Gasteiger partial charge in [0.2, 0.25) is 0 Å². The van der Waals surface area contributed by atoms with Crippen LogP contribution in [0.5, 0.6) is 0 Å². The van der Waals surface area contributed by atoms with Crippen LogP contribution in [0.25, 0.3) is 10.1 Å². The van der Waals surface area contributed by atoms with E-state index >= 15 is 0 Å². The van der Waals surface area contributed by atoms with Gasteiger partial charge in [0.05, 0.1) is 0 Å². The standard InChI is InChI=1S/C17H23NS/c1-11(10-14-8-9-14)18-13(3)17-12(2)15-6-4-5-7-16(15)19-17/h4-7,11,13-14,18H,8-10H2,1-3H3. The van der Waals surface area contributed by atoms with Crippen molar-refractivity contribution in [1.82, 2.24) is 5.32 Å². The second-order valence-corrected chi connectivity index (χ2v) is 7.14. The number of thiophene rings is 1. The average molecular weight is 273 g/mol. The summed E-state index contributed by atoms with van der Waals surface area (Å²) in [5.74, 6) is 0.998. The van der Waals surface area contributed by atoms with Crippen LogP contribution in [0.15, 0.2) is 24.3 Å². The highest BCUT2D eigenvalue weighted by Crippen LogP contribution is 2.36. The second kappa shape index (κ2) is 5.26. The minimum absolute atomic E-state index is 0.464. The molecule has 0 bridgehead atoms. The molecule has 0 radical (unpaired) electrons. The van der Waals surface area contributed by atoms with Crippen molar-refractivity contribution >= 4 is 21.4 Å². The van der Waals surface area contributed by atoms with Crippen LogP contribution in [-0.4, -0.2) is 6.04 Å². The Bertz CT molecular complexity index is 568. The molecule has 2 unspecified atom stereocenters. The monoisotopic (exact) mass is 273 g/mol. The molecule has 2 heteroatoms. The first kappa shape index (κ1) is 13.1. The quantitative estimate of drug-likeness (QED) is 0.804. The summed E-state index contributed by atoms with van der Waals surface area (Å²) < 4.78 is 1.42. The van der Waals surface area contributed by atoms with Crippen LogP contribution in [0.2, 0.25) is 0 Å². The average Bonchev–Trinajstić information content (AvgIpc) is 3.12. The summed E-state index contributed by atoms with van der Waals surface area (Å²) in [4.78, 5) is 1.50. The van der Waals surface area contributed by atoms with Crippen molar-refractivity contribution in [3.8, 4) is 0 Å². The Balaban J connectivity index is 1.76. The van der Waals surface area contributed by atoms with Crippen molar-refractivity contribution in [2.45, 2.75) is 52.1 Å². The van der Waals surface area contributed by atoms with E-state index in [0.29, 0.717) is 12.1 Å². The fraction of sp³-hybridized carbons (Fsp3) is 0.529. The zero-order valence-corrected chi connectivity index (χ0v) is 12.9. The Morgan fingerprint density at radius 3 is 2.68 bits per heavy atom. The molecule has 1 aliphatic rings. The van der Waals surface area contributed by atoms with Gasteiger partial charge < -0.3 is 5.32 Å². The first-order valence-corrected chi connectivity index (χ1v) is 8.21. The van der Waals surface area contributed by atoms with Crippen LogP contribution in [0.4, 0.5) is 0 Å². The maximum Gasteiger partial charge on any atom is 0.0391 e. The third kappa shape index (κ3) is 2.85. The van der Waals surface area contributed by atoms with E-state index in [2.05, 4.69) is 50.4 Å². The zero-order chi connectivity index (χ0) is 13.4. The topological polar surface area (TPSA) is 12.0 Å². The molecule has 1 aromatic carbocycles. The Labute approximate surface area is 120 Å². The summed E-state index contributed by atoms with van der Waals surface area (Å²) in [7, 11) is 0.